The van der Waals surface area contributed by atoms with Gasteiger partial charge in [0.1, 0.15) is 11.9 Å². The van der Waals surface area contributed by atoms with Gasteiger partial charge in [-0.25, -0.2) is 0 Å². The van der Waals surface area contributed by atoms with Crippen LogP contribution in [0.2, 0.25) is 0 Å². The molecular weight excluding hydrogens is 412 g/mol. The zero-order valence-corrected chi connectivity index (χ0v) is 19.0. The highest BCUT2D eigenvalue weighted by molar-refractivity contribution is 7.20. The standard InChI is InChI=1S/C25H34O5S/c1-16(26)8-4-2-3-5-10-18-19(22(29)15-21(18)28)12-13-20(27)25(30)24-14-17-9-6-7-11-23(17)31-24/h6-7,9,11,14,18-22,27-29H,2-5,8,10,12-13,15H2,1H3/t18-,19-,20?,21+,22-/m1/s1. The first kappa shape index (κ1) is 24.1. The Hall–Kier alpha value is -1.60. The average molecular weight is 447 g/mol. The Morgan fingerprint density at radius 3 is 2.42 bits per heavy atom. The van der Waals surface area contributed by atoms with Crippen LogP contribution in [0.1, 0.15) is 74.4 Å². The first-order chi connectivity index (χ1) is 14.9. The summed E-state index contributed by atoms with van der Waals surface area (Å²) in [6.07, 6.45) is 4.25. The van der Waals surface area contributed by atoms with E-state index in [4.69, 9.17) is 0 Å². The minimum Gasteiger partial charge on any atom is -0.393 e. The van der Waals surface area contributed by atoms with Crippen molar-refractivity contribution in [1.29, 1.82) is 0 Å². The predicted octanol–water partition coefficient (Wildman–Crippen LogP) is 4.51. The van der Waals surface area contributed by atoms with E-state index >= 15 is 0 Å². The Morgan fingerprint density at radius 1 is 1.03 bits per heavy atom. The molecule has 170 valence electrons. The van der Waals surface area contributed by atoms with Gasteiger partial charge in [0.25, 0.3) is 0 Å². The molecule has 1 aromatic heterocycles. The molecule has 1 fully saturated rings. The van der Waals surface area contributed by atoms with Gasteiger partial charge in [-0.05, 0) is 68.4 Å². The molecule has 1 unspecified atom stereocenters. The van der Waals surface area contributed by atoms with Crippen molar-refractivity contribution in [2.75, 3.05) is 0 Å². The molecule has 2 aromatic rings. The number of Topliss-reactive ketones (excluding diaryl/α,β-unsaturated/α-hetero) is 2. The third-order valence-electron chi connectivity index (χ3n) is 6.58. The summed E-state index contributed by atoms with van der Waals surface area (Å²) in [7, 11) is 0. The summed E-state index contributed by atoms with van der Waals surface area (Å²) in [6, 6.07) is 9.60. The summed E-state index contributed by atoms with van der Waals surface area (Å²) in [5.41, 5.74) is 0. The third kappa shape index (κ3) is 6.45. The van der Waals surface area contributed by atoms with Crippen LogP contribution >= 0.6 is 11.3 Å². The number of ketones is 2. The van der Waals surface area contributed by atoms with Gasteiger partial charge in [-0.1, -0.05) is 37.5 Å². The Kier molecular flexibility index (Phi) is 8.78. The van der Waals surface area contributed by atoms with Gasteiger partial charge in [0.2, 0.25) is 5.78 Å². The van der Waals surface area contributed by atoms with Crippen LogP contribution in [0.5, 0.6) is 0 Å². The van der Waals surface area contributed by atoms with Gasteiger partial charge in [0.05, 0.1) is 17.1 Å². The molecule has 5 nitrogen and oxygen atoms in total. The van der Waals surface area contributed by atoms with E-state index in [1.165, 1.54) is 11.3 Å². The minimum absolute atomic E-state index is 0.00515. The quantitative estimate of drug-likeness (QED) is 0.329. The molecule has 5 atom stereocenters. The zero-order valence-electron chi connectivity index (χ0n) is 18.2. The van der Waals surface area contributed by atoms with Crippen molar-refractivity contribution in [1.82, 2.24) is 0 Å². The third-order valence-corrected chi connectivity index (χ3v) is 7.71. The van der Waals surface area contributed by atoms with E-state index in [9.17, 15) is 24.9 Å². The molecule has 1 heterocycles. The van der Waals surface area contributed by atoms with Crippen LogP contribution in [0.3, 0.4) is 0 Å². The summed E-state index contributed by atoms with van der Waals surface area (Å²) in [5, 5.41) is 32.3. The normalized spacial score (nSPS) is 24.5. The highest BCUT2D eigenvalue weighted by Gasteiger charge is 2.41. The fraction of sp³-hybridized carbons (Fsp3) is 0.600. The van der Waals surface area contributed by atoms with E-state index in [2.05, 4.69) is 0 Å². The van der Waals surface area contributed by atoms with Crippen molar-refractivity contribution < 1.29 is 24.9 Å². The van der Waals surface area contributed by atoms with E-state index < -0.39 is 18.3 Å². The molecule has 1 aliphatic carbocycles. The second-order valence-electron chi connectivity index (χ2n) is 8.96. The lowest BCUT2D eigenvalue weighted by molar-refractivity contribution is -0.117. The summed E-state index contributed by atoms with van der Waals surface area (Å²) >= 11 is 1.39. The van der Waals surface area contributed by atoms with Crippen LogP contribution in [-0.2, 0) is 4.79 Å². The van der Waals surface area contributed by atoms with E-state index in [1.807, 2.05) is 30.3 Å². The molecule has 0 radical (unpaired) electrons. The lowest BCUT2D eigenvalue weighted by Gasteiger charge is -2.24. The molecule has 0 aliphatic heterocycles. The van der Waals surface area contributed by atoms with Crippen LogP contribution in [0.25, 0.3) is 10.1 Å². The number of hydrogen-bond donors (Lipinski definition) is 3. The van der Waals surface area contributed by atoms with E-state index in [1.54, 1.807) is 6.92 Å². The van der Waals surface area contributed by atoms with E-state index in [0.717, 1.165) is 42.2 Å². The number of aliphatic hydroxyl groups excluding tert-OH is 3. The predicted molar refractivity (Wildman–Crippen MR) is 123 cm³/mol. The fourth-order valence-corrected chi connectivity index (χ4v) is 5.89. The average Bonchev–Trinajstić information content (AvgIpc) is 3.28. The van der Waals surface area contributed by atoms with Crippen LogP contribution in [0, 0.1) is 11.8 Å². The zero-order chi connectivity index (χ0) is 22.4. The van der Waals surface area contributed by atoms with Crippen molar-refractivity contribution in [3.05, 3.63) is 35.2 Å². The van der Waals surface area contributed by atoms with Crippen molar-refractivity contribution in [2.45, 2.75) is 83.0 Å². The van der Waals surface area contributed by atoms with Crippen LogP contribution in [-0.4, -0.2) is 45.2 Å². The van der Waals surface area contributed by atoms with Crippen molar-refractivity contribution in [3.63, 3.8) is 0 Å². The number of benzene rings is 1. The van der Waals surface area contributed by atoms with Crippen molar-refractivity contribution >= 4 is 33.0 Å². The summed E-state index contributed by atoms with van der Waals surface area (Å²) in [4.78, 5) is 24.3. The number of carbonyl (C=O) groups excluding carboxylic acids is 2. The summed E-state index contributed by atoms with van der Waals surface area (Å²) < 4.78 is 1.02. The van der Waals surface area contributed by atoms with Crippen molar-refractivity contribution in [2.24, 2.45) is 11.8 Å². The Balaban J connectivity index is 1.49. The van der Waals surface area contributed by atoms with Gasteiger partial charge < -0.3 is 20.1 Å². The molecule has 6 heteroatoms. The van der Waals surface area contributed by atoms with Crippen molar-refractivity contribution in [3.8, 4) is 0 Å². The van der Waals surface area contributed by atoms with E-state index in [0.29, 0.717) is 24.1 Å². The Labute approximate surface area is 188 Å². The van der Waals surface area contributed by atoms with Crippen LogP contribution < -0.4 is 0 Å². The minimum atomic E-state index is -1.09. The number of fused-ring (bicyclic) bond motifs is 1. The number of rotatable bonds is 12. The number of thiophene rings is 1. The SMILES string of the molecule is CC(=O)CCCCCC[C@@H]1[C@@H](CCC(O)C(=O)c2cc3ccccc3s2)[C@H](O)C[C@@H]1O. The number of carbonyl (C=O) groups is 2. The maximum atomic E-state index is 12.7. The largest absolute Gasteiger partial charge is 0.393 e. The first-order valence-corrected chi connectivity index (χ1v) is 12.2. The number of unbranched alkanes of at least 4 members (excludes halogenated alkanes) is 3. The molecule has 1 saturated carbocycles. The van der Waals surface area contributed by atoms with Gasteiger partial charge in [-0.2, -0.15) is 0 Å². The van der Waals surface area contributed by atoms with Gasteiger partial charge in [0, 0.05) is 11.1 Å². The van der Waals surface area contributed by atoms with E-state index in [-0.39, 0.29) is 29.8 Å². The second-order valence-corrected chi connectivity index (χ2v) is 10.0. The van der Waals surface area contributed by atoms with Gasteiger partial charge in [0.15, 0.2) is 0 Å². The summed E-state index contributed by atoms with van der Waals surface area (Å²) in [6.45, 7) is 1.61. The number of aliphatic hydroxyl groups is 3. The molecule has 3 rings (SSSR count). The molecule has 0 saturated heterocycles. The lowest BCUT2D eigenvalue weighted by Crippen LogP contribution is -2.26. The van der Waals surface area contributed by atoms with Gasteiger partial charge in [-0.15, -0.1) is 11.3 Å². The summed E-state index contributed by atoms with van der Waals surface area (Å²) in [5.74, 6) is -0.152. The molecule has 0 bridgehead atoms. The molecule has 31 heavy (non-hydrogen) atoms. The molecule has 0 amide bonds. The van der Waals surface area contributed by atoms with Crippen LogP contribution in [0.15, 0.2) is 30.3 Å². The first-order valence-electron chi connectivity index (χ1n) is 11.4. The maximum absolute atomic E-state index is 12.7. The molecule has 1 aliphatic rings. The van der Waals surface area contributed by atoms with Gasteiger partial charge in [-0.3, -0.25) is 4.79 Å². The molecule has 1 aromatic carbocycles. The molecule has 0 spiro atoms. The highest BCUT2D eigenvalue weighted by Crippen LogP contribution is 2.39. The molecule has 3 N–H and O–H groups in total. The fourth-order valence-electron chi connectivity index (χ4n) is 4.84. The Morgan fingerprint density at radius 2 is 1.71 bits per heavy atom. The maximum Gasteiger partial charge on any atom is 0.201 e. The number of hydrogen-bond acceptors (Lipinski definition) is 6. The smallest absolute Gasteiger partial charge is 0.201 e. The monoisotopic (exact) mass is 446 g/mol. The lowest BCUT2D eigenvalue weighted by atomic mass is 9.84. The second kappa shape index (κ2) is 11.3. The Bertz CT molecular complexity index is 843. The highest BCUT2D eigenvalue weighted by atomic mass is 32.1. The van der Waals surface area contributed by atoms with Crippen LogP contribution in [0.4, 0.5) is 0 Å². The topological polar surface area (TPSA) is 94.8 Å². The van der Waals surface area contributed by atoms with Gasteiger partial charge >= 0.3 is 0 Å². The molecular formula is C25H34O5S.